The highest BCUT2D eigenvalue weighted by Gasteiger charge is 2.22. The maximum absolute atomic E-state index is 6.67. The molecular formula is C57H35N3O. The highest BCUT2D eigenvalue weighted by atomic mass is 16.3. The third-order valence-electron chi connectivity index (χ3n) is 11.8. The van der Waals surface area contributed by atoms with Gasteiger partial charge >= 0.3 is 0 Å². The van der Waals surface area contributed by atoms with E-state index in [9.17, 15) is 0 Å². The first kappa shape index (κ1) is 34.8. The van der Waals surface area contributed by atoms with E-state index in [4.69, 9.17) is 19.4 Å². The van der Waals surface area contributed by atoms with Gasteiger partial charge < -0.3 is 4.42 Å². The number of nitrogens with zero attached hydrogens (tertiary/aromatic N) is 3. The van der Waals surface area contributed by atoms with Crippen molar-refractivity contribution < 1.29 is 4.42 Å². The molecule has 0 saturated heterocycles. The first-order valence-corrected chi connectivity index (χ1v) is 20.6. The molecular weight excluding hydrogens is 743 g/mol. The molecule has 12 aromatic rings. The molecule has 4 heteroatoms. The van der Waals surface area contributed by atoms with E-state index in [1.54, 1.807) is 0 Å². The Morgan fingerprint density at radius 1 is 0.279 bits per heavy atom. The first-order chi connectivity index (χ1) is 30.2. The van der Waals surface area contributed by atoms with Crippen molar-refractivity contribution >= 4 is 54.5 Å². The fourth-order valence-corrected chi connectivity index (χ4v) is 8.99. The van der Waals surface area contributed by atoms with Gasteiger partial charge in [-0.1, -0.05) is 176 Å². The van der Waals surface area contributed by atoms with Gasteiger partial charge in [0.1, 0.15) is 11.2 Å². The second kappa shape index (κ2) is 14.3. The molecule has 12 rings (SSSR count). The number of rotatable bonds is 6. The lowest BCUT2D eigenvalue weighted by atomic mass is 9.88. The molecule has 9 aromatic carbocycles. The van der Waals surface area contributed by atoms with Gasteiger partial charge in [0.05, 0.1) is 22.4 Å². The third-order valence-corrected chi connectivity index (χ3v) is 11.8. The number of aromatic nitrogens is 3. The number of benzene rings is 9. The molecule has 284 valence electrons. The van der Waals surface area contributed by atoms with Crippen LogP contribution in [0.1, 0.15) is 0 Å². The number of para-hydroxylation sites is 3. The highest BCUT2D eigenvalue weighted by molar-refractivity contribution is 6.27. The van der Waals surface area contributed by atoms with Crippen molar-refractivity contribution in [3.8, 4) is 67.3 Å². The molecule has 0 radical (unpaired) electrons. The summed E-state index contributed by atoms with van der Waals surface area (Å²) in [6.45, 7) is 0. The molecule has 0 spiro atoms. The third kappa shape index (κ3) is 5.96. The van der Waals surface area contributed by atoms with Gasteiger partial charge in [0, 0.05) is 54.6 Å². The molecule has 0 N–H and O–H groups in total. The van der Waals surface area contributed by atoms with Crippen LogP contribution in [0.4, 0.5) is 0 Å². The zero-order valence-corrected chi connectivity index (χ0v) is 33.0. The quantitative estimate of drug-likeness (QED) is 0.158. The molecule has 3 aromatic heterocycles. The molecule has 0 fully saturated rings. The van der Waals surface area contributed by atoms with E-state index in [0.717, 1.165) is 110 Å². The first-order valence-electron chi connectivity index (χ1n) is 20.6. The van der Waals surface area contributed by atoms with Crippen molar-refractivity contribution in [1.29, 1.82) is 0 Å². The van der Waals surface area contributed by atoms with Crippen molar-refractivity contribution in [3.63, 3.8) is 0 Å². The Kier molecular flexibility index (Phi) is 8.13. The van der Waals surface area contributed by atoms with E-state index >= 15 is 0 Å². The number of fused-ring (bicyclic) bond motifs is 7. The van der Waals surface area contributed by atoms with Gasteiger partial charge in [-0.3, -0.25) is 0 Å². The zero-order valence-electron chi connectivity index (χ0n) is 33.0. The molecule has 61 heavy (non-hydrogen) atoms. The van der Waals surface area contributed by atoms with Crippen LogP contribution < -0.4 is 0 Å². The van der Waals surface area contributed by atoms with Crippen molar-refractivity contribution in [3.05, 3.63) is 212 Å². The standard InChI is InChI=1S/C57H35N3O/c1-3-15-36(16-4-1)37-29-31-39(32-30-37)57-59-49-27-11-8-24-45(49)56(60-57)43-22-14-20-41(34-43)40-19-13-21-42(33-40)52-53-44-23-7-10-26-48(44)58-55(38-17-5-2-6-18-38)47(53)35-51-54(52)46-25-9-12-28-50(46)61-51/h1-35H. The van der Waals surface area contributed by atoms with Crippen molar-refractivity contribution in [1.82, 2.24) is 15.0 Å². The molecule has 0 aliphatic heterocycles. The fraction of sp³-hybridized carbons (Fsp3) is 0. The SMILES string of the molecule is c1ccc(-c2ccc(-c3nc(-c4cccc(-c5cccc(-c6c7c(cc8c(-c9ccccc9)nc9ccccc9c68)oc6ccccc67)c5)c4)c4ccccc4n3)cc2)cc1. The lowest BCUT2D eigenvalue weighted by Gasteiger charge is -2.16. The Balaban J connectivity index is 1.04. The molecule has 0 saturated carbocycles. The molecule has 0 atom stereocenters. The Bertz CT molecular complexity index is 3630. The van der Waals surface area contributed by atoms with Crippen LogP contribution in [0.15, 0.2) is 217 Å². The summed E-state index contributed by atoms with van der Waals surface area (Å²) in [6.07, 6.45) is 0. The number of pyridine rings is 1. The summed E-state index contributed by atoms with van der Waals surface area (Å²) < 4.78 is 6.67. The summed E-state index contributed by atoms with van der Waals surface area (Å²) >= 11 is 0. The van der Waals surface area contributed by atoms with Crippen LogP contribution in [0.25, 0.3) is 122 Å². The lowest BCUT2D eigenvalue weighted by molar-refractivity contribution is 0.669. The van der Waals surface area contributed by atoms with Gasteiger partial charge in [0.25, 0.3) is 0 Å². The summed E-state index contributed by atoms with van der Waals surface area (Å²) in [7, 11) is 0. The van der Waals surface area contributed by atoms with Gasteiger partial charge in [-0.25, -0.2) is 15.0 Å². The van der Waals surface area contributed by atoms with Crippen LogP contribution in [-0.4, -0.2) is 15.0 Å². The molecule has 0 amide bonds. The normalized spacial score (nSPS) is 11.6. The van der Waals surface area contributed by atoms with Crippen LogP contribution in [0, 0.1) is 0 Å². The fourth-order valence-electron chi connectivity index (χ4n) is 8.99. The monoisotopic (exact) mass is 777 g/mol. The van der Waals surface area contributed by atoms with Crippen molar-refractivity contribution in [2.45, 2.75) is 0 Å². The maximum atomic E-state index is 6.67. The van der Waals surface area contributed by atoms with Crippen molar-refractivity contribution in [2.75, 3.05) is 0 Å². The summed E-state index contributed by atoms with van der Waals surface area (Å²) in [5.74, 6) is 0.699. The summed E-state index contributed by atoms with van der Waals surface area (Å²) in [4.78, 5) is 15.6. The minimum absolute atomic E-state index is 0.699. The van der Waals surface area contributed by atoms with E-state index in [2.05, 4.69) is 188 Å². The zero-order chi connectivity index (χ0) is 40.3. The van der Waals surface area contributed by atoms with E-state index < -0.39 is 0 Å². The molecule has 3 heterocycles. The Labute approximate surface area is 352 Å². The minimum atomic E-state index is 0.699. The van der Waals surface area contributed by atoms with Gasteiger partial charge in [0.15, 0.2) is 5.82 Å². The lowest BCUT2D eigenvalue weighted by Crippen LogP contribution is -1.95. The minimum Gasteiger partial charge on any atom is -0.456 e. The summed E-state index contributed by atoms with van der Waals surface area (Å²) in [6, 6.07) is 74.4. The molecule has 0 bridgehead atoms. The number of hydrogen-bond acceptors (Lipinski definition) is 4. The van der Waals surface area contributed by atoms with Gasteiger partial charge in [0.2, 0.25) is 0 Å². The second-order valence-electron chi connectivity index (χ2n) is 15.5. The molecule has 4 nitrogen and oxygen atoms in total. The van der Waals surface area contributed by atoms with E-state index in [1.807, 2.05) is 24.3 Å². The van der Waals surface area contributed by atoms with Crippen LogP contribution in [-0.2, 0) is 0 Å². The van der Waals surface area contributed by atoms with Crippen LogP contribution in [0.2, 0.25) is 0 Å². The summed E-state index contributed by atoms with van der Waals surface area (Å²) in [5.41, 5.74) is 15.3. The second-order valence-corrected chi connectivity index (χ2v) is 15.5. The molecule has 0 aliphatic carbocycles. The van der Waals surface area contributed by atoms with Crippen LogP contribution >= 0.6 is 0 Å². The number of hydrogen-bond donors (Lipinski definition) is 0. The van der Waals surface area contributed by atoms with E-state index in [0.29, 0.717) is 5.82 Å². The van der Waals surface area contributed by atoms with E-state index in [-0.39, 0.29) is 0 Å². The predicted molar refractivity (Wildman–Crippen MR) is 252 cm³/mol. The topological polar surface area (TPSA) is 51.8 Å². The maximum Gasteiger partial charge on any atom is 0.160 e. The van der Waals surface area contributed by atoms with Crippen molar-refractivity contribution in [2.24, 2.45) is 0 Å². The van der Waals surface area contributed by atoms with Gasteiger partial charge in [-0.15, -0.1) is 0 Å². The average Bonchev–Trinajstić information content (AvgIpc) is 3.71. The largest absolute Gasteiger partial charge is 0.456 e. The number of furan rings is 1. The Morgan fingerprint density at radius 2 is 0.803 bits per heavy atom. The summed E-state index contributed by atoms with van der Waals surface area (Å²) in [5, 5.41) is 6.52. The predicted octanol–water partition coefficient (Wildman–Crippen LogP) is 15.2. The van der Waals surface area contributed by atoms with Gasteiger partial charge in [-0.2, -0.15) is 0 Å². The average molecular weight is 778 g/mol. The van der Waals surface area contributed by atoms with Crippen LogP contribution in [0.5, 0.6) is 0 Å². The Morgan fingerprint density at radius 3 is 1.56 bits per heavy atom. The molecule has 0 unspecified atom stereocenters. The van der Waals surface area contributed by atoms with Crippen LogP contribution in [0.3, 0.4) is 0 Å². The van der Waals surface area contributed by atoms with Gasteiger partial charge in [-0.05, 0) is 64.2 Å². The smallest absolute Gasteiger partial charge is 0.160 e. The Hall–Kier alpha value is -8.21. The highest BCUT2D eigenvalue weighted by Crippen LogP contribution is 2.47. The molecule has 0 aliphatic rings. The van der Waals surface area contributed by atoms with E-state index in [1.165, 1.54) is 5.56 Å².